The van der Waals surface area contributed by atoms with Crippen molar-refractivity contribution in [3.05, 3.63) is 66.2 Å². The highest BCUT2D eigenvalue weighted by Gasteiger charge is 2.29. The molecule has 0 aromatic heterocycles. The molecule has 1 fully saturated rings. The van der Waals surface area contributed by atoms with Gasteiger partial charge in [-0.2, -0.15) is 4.31 Å². The average Bonchev–Trinajstić information content (AvgIpc) is 2.80. The van der Waals surface area contributed by atoms with Gasteiger partial charge in [0.15, 0.2) is 0 Å². The highest BCUT2D eigenvalue weighted by atomic mass is 32.2. The van der Waals surface area contributed by atoms with Crippen molar-refractivity contribution in [1.29, 1.82) is 0 Å². The fourth-order valence-electron chi connectivity index (χ4n) is 3.39. The van der Waals surface area contributed by atoms with E-state index in [1.165, 1.54) is 23.4 Å². The lowest BCUT2D eigenvalue weighted by atomic mass is 10.1. The topological polar surface area (TPSA) is 96.0 Å². The molecule has 1 heterocycles. The number of ether oxygens (including phenoxy) is 1. The number of sulfonamides is 1. The Labute approximate surface area is 188 Å². The lowest BCUT2D eigenvalue weighted by Crippen LogP contribution is -2.49. The summed E-state index contributed by atoms with van der Waals surface area (Å²) in [5.41, 5.74) is 1.61. The predicted molar refractivity (Wildman–Crippen MR) is 123 cm³/mol. The first-order valence-corrected chi connectivity index (χ1v) is 11.8. The number of hydrogen-bond acceptors (Lipinski definition) is 5. The van der Waals surface area contributed by atoms with Gasteiger partial charge in [-0.15, -0.1) is 0 Å². The van der Waals surface area contributed by atoms with Crippen molar-refractivity contribution < 1.29 is 22.7 Å². The van der Waals surface area contributed by atoms with Crippen molar-refractivity contribution in [1.82, 2.24) is 9.21 Å². The number of rotatable bonds is 7. The monoisotopic (exact) mass is 457 g/mol. The summed E-state index contributed by atoms with van der Waals surface area (Å²) >= 11 is 0. The molecule has 0 atom stereocenters. The molecule has 32 heavy (non-hydrogen) atoms. The van der Waals surface area contributed by atoms with E-state index in [2.05, 4.69) is 11.9 Å². The number of piperazine rings is 1. The van der Waals surface area contributed by atoms with Gasteiger partial charge in [0.1, 0.15) is 5.76 Å². The van der Waals surface area contributed by atoms with Crippen LogP contribution < -0.4 is 5.32 Å². The summed E-state index contributed by atoms with van der Waals surface area (Å²) in [6.07, 6.45) is 0. The maximum absolute atomic E-state index is 13.0. The maximum atomic E-state index is 13.0. The number of carbonyl (C=O) groups is 2. The Balaban J connectivity index is 1.70. The molecule has 2 aromatic rings. The molecule has 2 amide bonds. The van der Waals surface area contributed by atoms with Crippen LogP contribution in [0.4, 0.5) is 5.69 Å². The Morgan fingerprint density at radius 2 is 1.69 bits per heavy atom. The predicted octanol–water partition coefficient (Wildman–Crippen LogP) is 2.80. The van der Waals surface area contributed by atoms with Gasteiger partial charge in [0.2, 0.25) is 15.9 Å². The van der Waals surface area contributed by atoms with Crippen LogP contribution in [0.25, 0.3) is 5.76 Å². The van der Waals surface area contributed by atoms with Crippen LogP contribution in [-0.2, 0) is 19.6 Å². The van der Waals surface area contributed by atoms with Crippen molar-refractivity contribution in [3.8, 4) is 0 Å². The number of nitrogens with one attached hydrogen (secondary N) is 1. The normalized spacial score (nSPS) is 14.6. The van der Waals surface area contributed by atoms with Gasteiger partial charge in [0.05, 0.1) is 11.5 Å². The van der Waals surface area contributed by atoms with Gasteiger partial charge in [-0.25, -0.2) is 8.42 Å². The molecule has 0 radical (unpaired) electrons. The van der Waals surface area contributed by atoms with E-state index < -0.39 is 15.9 Å². The van der Waals surface area contributed by atoms with E-state index in [1.54, 1.807) is 41.3 Å². The number of amides is 2. The maximum Gasteiger partial charge on any atom is 0.255 e. The number of anilines is 1. The third-order valence-electron chi connectivity index (χ3n) is 5.20. The molecular formula is C23H27N3O5S. The fraction of sp³-hybridized carbons (Fsp3) is 0.304. The van der Waals surface area contributed by atoms with Gasteiger partial charge < -0.3 is 15.0 Å². The van der Waals surface area contributed by atoms with Gasteiger partial charge >= 0.3 is 0 Å². The lowest BCUT2D eigenvalue weighted by molar-refractivity contribution is -0.129. The molecule has 8 nitrogen and oxygen atoms in total. The number of nitrogens with zero attached hydrogens (tertiary/aromatic N) is 2. The van der Waals surface area contributed by atoms with Crippen molar-refractivity contribution in [3.63, 3.8) is 0 Å². The lowest BCUT2D eigenvalue weighted by Gasteiger charge is -2.33. The first-order valence-electron chi connectivity index (χ1n) is 10.3. The number of benzene rings is 2. The Morgan fingerprint density at radius 3 is 2.28 bits per heavy atom. The molecular weight excluding hydrogens is 430 g/mol. The number of hydrogen-bond donors (Lipinski definition) is 1. The second-order valence-corrected chi connectivity index (χ2v) is 9.26. The first-order chi connectivity index (χ1) is 15.2. The minimum Gasteiger partial charge on any atom is -0.494 e. The van der Waals surface area contributed by atoms with E-state index in [0.29, 0.717) is 31.1 Å². The minimum absolute atomic E-state index is 0.0461. The third-order valence-corrected chi connectivity index (χ3v) is 7.10. The largest absolute Gasteiger partial charge is 0.494 e. The van der Waals surface area contributed by atoms with Crippen LogP contribution in [0.2, 0.25) is 0 Å². The molecule has 1 aliphatic heterocycles. The smallest absolute Gasteiger partial charge is 0.255 e. The number of carbonyl (C=O) groups excluding carboxylic acids is 2. The van der Waals surface area contributed by atoms with Gasteiger partial charge in [-0.05, 0) is 49.4 Å². The molecule has 0 spiro atoms. The summed E-state index contributed by atoms with van der Waals surface area (Å²) in [5, 5.41) is 2.77. The zero-order valence-corrected chi connectivity index (χ0v) is 19.0. The molecule has 0 unspecified atom stereocenters. The molecule has 2 aromatic carbocycles. The molecule has 170 valence electrons. The van der Waals surface area contributed by atoms with Crippen LogP contribution in [0.5, 0.6) is 0 Å². The van der Waals surface area contributed by atoms with E-state index >= 15 is 0 Å². The van der Waals surface area contributed by atoms with Gasteiger partial charge in [-0.3, -0.25) is 9.59 Å². The Morgan fingerprint density at radius 1 is 1.03 bits per heavy atom. The second-order valence-electron chi connectivity index (χ2n) is 7.33. The van der Waals surface area contributed by atoms with Crippen LogP contribution in [0.1, 0.15) is 29.8 Å². The van der Waals surface area contributed by atoms with Crippen LogP contribution in [0.3, 0.4) is 0 Å². The van der Waals surface area contributed by atoms with Gasteiger partial charge in [0.25, 0.3) is 5.91 Å². The Hall–Kier alpha value is -3.17. The highest BCUT2D eigenvalue weighted by molar-refractivity contribution is 7.89. The summed E-state index contributed by atoms with van der Waals surface area (Å²) < 4.78 is 32.8. The first kappa shape index (κ1) is 23.5. The van der Waals surface area contributed by atoms with E-state index in [4.69, 9.17) is 4.74 Å². The second kappa shape index (κ2) is 9.97. The molecule has 1 saturated heterocycles. The summed E-state index contributed by atoms with van der Waals surface area (Å²) in [6, 6.07) is 13.0. The van der Waals surface area contributed by atoms with Crippen LogP contribution >= 0.6 is 0 Å². The van der Waals surface area contributed by atoms with E-state index in [9.17, 15) is 18.0 Å². The summed E-state index contributed by atoms with van der Waals surface area (Å²) in [6.45, 7) is 8.84. The van der Waals surface area contributed by atoms with Crippen molar-refractivity contribution in [2.75, 3.05) is 38.1 Å². The van der Waals surface area contributed by atoms with Crippen molar-refractivity contribution in [2.45, 2.75) is 18.7 Å². The standard InChI is InChI=1S/C23H27N3O5S/c1-4-31-17(2)19-8-10-21(11-9-19)24-23(28)20-6-5-7-22(16-20)32(29,30)26-14-12-25(13-15-26)18(3)27/h5-11,16H,2,4,12-15H2,1,3H3,(H,24,28). The minimum atomic E-state index is -3.77. The molecule has 0 saturated carbocycles. The Kier molecular flexibility index (Phi) is 7.32. The van der Waals surface area contributed by atoms with E-state index in [1.807, 2.05) is 6.92 Å². The van der Waals surface area contributed by atoms with Crippen molar-refractivity contribution in [2.24, 2.45) is 0 Å². The van der Waals surface area contributed by atoms with Crippen LogP contribution in [-0.4, -0.2) is 62.2 Å². The zero-order chi connectivity index (χ0) is 23.3. The zero-order valence-electron chi connectivity index (χ0n) is 18.2. The van der Waals surface area contributed by atoms with Crippen LogP contribution in [0, 0.1) is 0 Å². The quantitative estimate of drug-likeness (QED) is 0.645. The molecule has 3 rings (SSSR count). The van der Waals surface area contributed by atoms with E-state index in [0.717, 1.165) is 5.56 Å². The van der Waals surface area contributed by atoms with Crippen molar-refractivity contribution >= 4 is 33.3 Å². The fourth-order valence-corrected chi connectivity index (χ4v) is 4.86. The summed E-state index contributed by atoms with van der Waals surface area (Å²) in [7, 11) is -3.77. The molecule has 1 N–H and O–H groups in total. The summed E-state index contributed by atoms with van der Waals surface area (Å²) in [5.74, 6) is 0.0585. The molecule has 1 aliphatic rings. The Bertz CT molecular complexity index is 1100. The van der Waals surface area contributed by atoms with Gasteiger partial charge in [-0.1, -0.05) is 12.6 Å². The molecule has 0 aliphatic carbocycles. The van der Waals surface area contributed by atoms with Gasteiger partial charge in [0, 0.05) is 49.9 Å². The SMILES string of the molecule is C=C(OCC)c1ccc(NC(=O)c2cccc(S(=O)(=O)N3CCN(C(C)=O)CC3)c2)cc1. The summed E-state index contributed by atoms with van der Waals surface area (Å²) in [4.78, 5) is 25.8. The average molecular weight is 458 g/mol. The third kappa shape index (κ3) is 5.35. The molecule has 0 bridgehead atoms. The van der Waals surface area contributed by atoms with E-state index in [-0.39, 0.29) is 29.5 Å². The molecule has 9 heteroatoms. The highest BCUT2D eigenvalue weighted by Crippen LogP contribution is 2.21. The van der Waals surface area contributed by atoms with Crippen LogP contribution in [0.15, 0.2) is 60.0 Å².